The van der Waals surface area contributed by atoms with Gasteiger partial charge in [0.2, 0.25) is 11.2 Å². The molecule has 0 atom stereocenters. The van der Waals surface area contributed by atoms with Crippen molar-refractivity contribution < 1.29 is 4.74 Å². The molecule has 0 fully saturated rings. The Hall–Kier alpha value is -1.10. The van der Waals surface area contributed by atoms with Gasteiger partial charge in [0.05, 0.1) is 6.10 Å². The molecule has 0 N–H and O–H groups in total. The Bertz CT molecular complexity index is 404. The van der Waals surface area contributed by atoms with Gasteiger partial charge in [0, 0.05) is 13.6 Å². The number of nitrogens with zero attached hydrogens (tertiary/aromatic N) is 4. The molecule has 5 nitrogen and oxygen atoms in total. The summed E-state index contributed by atoms with van der Waals surface area (Å²) in [7, 11) is 1.93. The number of hydrogen-bond acceptors (Lipinski definition) is 5. The molecule has 0 aliphatic rings. The molecule has 1 heterocycles. The molecule has 0 amide bonds. The van der Waals surface area contributed by atoms with Crippen LogP contribution in [0.3, 0.4) is 0 Å². The lowest BCUT2D eigenvalue weighted by molar-refractivity contribution is 0.221. The average molecular weight is 273 g/mol. The molecule has 18 heavy (non-hydrogen) atoms. The molecule has 0 aliphatic carbocycles. The standard InChI is InChI=1S/C12H21ClN4O/c1-8(2)18-11-15-9(13)14-10(16-11)17(6)7-12(3,4)5/h8H,7H2,1-6H3. The van der Waals surface area contributed by atoms with E-state index in [0.717, 1.165) is 6.54 Å². The van der Waals surface area contributed by atoms with E-state index in [-0.39, 0.29) is 22.8 Å². The zero-order valence-corrected chi connectivity index (χ0v) is 12.6. The number of aromatic nitrogens is 3. The van der Waals surface area contributed by atoms with E-state index < -0.39 is 0 Å². The summed E-state index contributed by atoms with van der Waals surface area (Å²) in [4.78, 5) is 14.3. The predicted octanol–water partition coefficient (Wildman–Crippen LogP) is 2.79. The van der Waals surface area contributed by atoms with Crippen molar-refractivity contribution in [3.63, 3.8) is 0 Å². The molecular formula is C12H21ClN4O. The van der Waals surface area contributed by atoms with Crippen LogP contribution in [0.5, 0.6) is 6.01 Å². The van der Waals surface area contributed by atoms with Crippen molar-refractivity contribution in [3.8, 4) is 6.01 Å². The summed E-state index contributed by atoms with van der Waals surface area (Å²) >= 11 is 5.88. The number of halogens is 1. The topological polar surface area (TPSA) is 51.1 Å². The minimum atomic E-state index is 0.00392. The van der Waals surface area contributed by atoms with Gasteiger partial charge in [-0.2, -0.15) is 15.0 Å². The third-order valence-corrected chi connectivity index (χ3v) is 2.14. The van der Waals surface area contributed by atoms with Gasteiger partial charge in [-0.3, -0.25) is 0 Å². The lowest BCUT2D eigenvalue weighted by Gasteiger charge is -2.26. The van der Waals surface area contributed by atoms with Gasteiger partial charge in [0.15, 0.2) is 0 Å². The van der Waals surface area contributed by atoms with Crippen molar-refractivity contribution in [3.05, 3.63) is 5.28 Å². The van der Waals surface area contributed by atoms with Crippen molar-refractivity contribution in [1.29, 1.82) is 0 Å². The van der Waals surface area contributed by atoms with E-state index in [1.54, 1.807) is 0 Å². The van der Waals surface area contributed by atoms with E-state index >= 15 is 0 Å². The number of anilines is 1. The van der Waals surface area contributed by atoms with Crippen LogP contribution in [0.4, 0.5) is 5.95 Å². The van der Waals surface area contributed by atoms with E-state index in [1.807, 2.05) is 25.8 Å². The molecule has 0 aliphatic heterocycles. The fraction of sp³-hybridized carbons (Fsp3) is 0.750. The molecule has 0 unspecified atom stereocenters. The first-order valence-corrected chi connectivity index (χ1v) is 6.34. The second kappa shape index (κ2) is 5.69. The van der Waals surface area contributed by atoms with E-state index in [2.05, 4.69) is 35.7 Å². The van der Waals surface area contributed by atoms with Crippen LogP contribution < -0.4 is 9.64 Å². The number of hydrogen-bond donors (Lipinski definition) is 0. The van der Waals surface area contributed by atoms with Gasteiger partial charge in [-0.25, -0.2) is 0 Å². The summed E-state index contributed by atoms with van der Waals surface area (Å²) in [6.07, 6.45) is 0.00392. The normalized spacial score (nSPS) is 11.8. The SMILES string of the molecule is CC(C)Oc1nc(Cl)nc(N(C)CC(C)(C)C)n1. The van der Waals surface area contributed by atoms with Crippen LogP contribution in [-0.2, 0) is 0 Å². The van der Waals surface area contributed by atoms with Crippen LogP contribution in [0.15, 0.2) is 0 Å². The fourth-order valence-corrected chi connectivity index (χ4v) is 1.69. The van der Waals surface area contributed by atoms with Crippen LogP contribution in [0.1, 0.15) is 34.6 Å². The monoisotopic (exact) mass is 272 g/mol. The maximum atomic E-state index is 5.88. The van der Waals surface area contributed by atoms with Crippen LogP contribution in [0, 0.1) is 5.41 Å². The molecule has 0 spiro atoms. The molecule has 102 valence electrons. The van der Waals surface area contributed by atoms with Gasteiger partial charge in [-0.1, -0.05) is 20.8 Å². The molecule has 0 aromatic carbocycles. The predicted molar refractivity (Wildman–Crippen MR) is 73.3 cm³/mol. The zero-order chi connectivity index (χ0) is 13.9. The molecule has 1 rings (SSSR count). The molecule has 1 aromatic rings. The van der Waals surface area contributed by atoms with Crippen LogP contribution >= 0.6 is 11.6 Å². The Morgan fingerprint density at radius 3 is 2.33 bits per heavy atom. The van der Waals surface area contributed by atoms with Gasteiger partial charge < -0.3 is 9.64 Å². The maximum Gasteiger partial charge on any atom is 0.322 e. The van der Waals surface area contributed by atoms with E-state index in [0.29, 0.717) is 5.95 Å². The fourth-order valence-electron chi connectivity index (χ4n) is 1.54. The summed E-state index contributed by atoms with van der Waals surface area (Å²) in [5.41, 5.74) is 0.146. The summed E-state index contributed by atoms with van der Waals surface area (Å²) in [5.74, 6) is 0.528. The lowest BCUT2D eigenvalue weighted by atomic mass is 9.96. The minimum Gasteiger partial charge on any atom is -0.461 e. The highest BCUT2D eigenvalue weighted by Gasteiger charge is 2.17. The van der Waals surface area contributed by atoms with Crippen molar-refractivity contribution in [2.45, 2.75) is 40.7 Å². The minimum absolute atomic E-state index is 0.00392. The molecule has 0 bridgehead atoms. The number of rotatable bonds is 4. The highest BCUT2D eigenvalue weighted by atomic mass is 35.5. The van der Waals surface area contributed by atoms with Crippen LogP contribution in [0.2, 0.25) is 5.28 Å². The van der Waals surface area contributed by atoms with Gasteiger partial charge in [-0.15, -0.1) is 0 Å². The molecule has 0 saturated heterocycles. The smallest absolute Gasteiger partial charge is 0.322 e. The highest BCUT2D eigenvalue weighted by molar-refractivity contribution is 6.28. The van der Waals surface area contributed by atoms with Gasteiger partial charge >= 0.3 is 6.01 Å². The first-order valence-electron chi connectivity index (χ1n) is 5.97. The van der Waals surface area contributed by atoms with Gasteiger partial charge in [0.25, 0.3) is 0 Å². The largest absolute Gasteiger partial charge is 0.461 e. The molecule has 6 heteroatoms. The molecule has 0 saturated carbocycles. The maximum absolute atomic E-state index is 5.88. The van der Waals surface area contributed by atoms with E-state index in [4.69, 9.17) is 16.3 Å². The summed E-state index contributed by atoms with van der Waals surface area (Å²) in [5, 5.41) is 0.149. The Balaban J connectivity index is 2.91. The third kappa shape index (κ3) is 5.04. The lowest BCUT2D eigenvalue weighted by Crippen LogP contribution is -2.30. The second-order valence-electron chi connectivity index (χ2n) is 5.77. The first kappa shape index (κ1) is 15.0. The van der Waals surface area contributed by atoms with E-state index in [1.165, 1.54) is 0 Å². The molecule has 1 aromatic heterocycles. The van der Waals surface area contributed by atoms with Crippen LogP contribution in [0.25, 0.3) is 0 Å². The third-order valence-electron chi connectivity index (χ3n) is 1.97. The Kier molecular flexibility index (Phi) is 4.73. The highest BCUT2D eigenvalue weighted by Crippen LogP contribution is 2.20. The van der Waals surface area contributed by atoms with Crippen molar-refractivity contribution in [2.75, 3.05) is 18.5 Å². The van der Waals surface area contributed by atoms with Gasteiger partial charge in [0.1, 0.15) is 0 Å². The summed E-state index contributed by atoms with van der Waals surface area (Å²) < 4.78 is 5.44. The number of ether oxygens (including phenoxy) is 1. The zero-order valence-electron chi connectivity index (χ0n) is 11.9. The second-order valence-corrected chi connectivity index (χ2v) is 6.11. The Morgan fingerprint density at radius 2 is 1.83 bits per heavy atom. The average Bonchev–Trinajstić information content (AvgIpc) is 2.12. The van der Waals surface area contributed by atoms with Gasteiger partial charge in [-0.05, 0) is 30.9 Å². The molecule has 0 radical (unpaired) electrons. The summed E-state index contributed by atoms with van der Waals surface area (Å²) in [6.45, 7) is 11.1. The van der Waals surface area contributed by atoms with Crippen molar-refractivity contribution in [2.24, 2.45) is 5.41 Å². The quantitative estimate of drug-likeness (QED) is 0.844. The van der Waals surface area contributed by atoms with Crippen molar-refractivity contribution in [1.82, 2.24) is 15.0 Å². The van der Waals surface area contributed by atoms with Crippen molar-refractivity contribution >= 4 is 17.5 Å². The molecular weight excluding hydrogens is 252 g/mol. The van der Waals surface area contributed by atoms with Crippen LogP contribution in [-0.4, -0.2) is 34.6 Å². The first-order chi connectivity index (χ1) is 8.17. The Morgan fingerprint density at radius 1 is 1.22 bits per heavy atom. The summed E-state index contributed by atoms with van der Waals surface area (Å²) in [6, 6.07) is 0.265. The van der Waals surface area contributed by atoms with E-state index in [9.17, 15) is 0 Å². The Labute approximate surface area is 114 Å².